The van der Waals surface area contributed by atoms with Crippen molar-refractivity contribution in [3.63, 3.8) is 0 Å². The average molecular weight is 358 g/mol. The molecule has 0 unspecified atom stereocenters. The number of carbonyl (C=O) groups is 2. The van der Waals surface area contributed by atoms with E-state index in [-0.39, 0.29) is 11.5 Å². The Labute approximate surface area is 156 Å². The maximum absolute atomic E-state index is 11.4. The smallest absolute Gasteiger partial charge is 0.338 e. The van der Waals surface area contributed by atoms with Gasteiger partial charge in [-0.25, -0.2) is 4.79 Å². The highest BCUT2D eigenvalue weighted by Crippen LogP contribution is 2.40. The van der Waals surface area contributed by atoms with Crippen LogP contribution in [0.3, 0.4) is 0 Å². The van der Waals surface area contributed by atoms with Gasteiger partial charge in [0.25, 0.3) is 0 Å². The second kappa shape index (κ2) is 9.48. The van der Waals surface area contributed by atoms with E-state index in [1.54, 1.807) is 13.0 Å². The second-order valence-electron chi connectivity index (χ2n) is 7.54. The van der Waals surface area contributed by atoms with E-state index in [0.717, 1.165) is 18.4 Å². The van der Waals surface area contributed by atoms with Crippen molar-refractivity contribution in [3.05, 3.63) is 58.7 Å². The van der Waals surface area contributed by atoms with Crippen molar-refractivity contribution in [2.24, 2.45) is 5.41 Å². The molecule has 0 saturated heterocycles. The number of hydrogen-bond acceptors (Lipinski definition) is 4. The van der Waals surface area contributed by atoms with Crippen molar-refractivity contribution in [1.82, 2.24) is 0 Å². The van der Waals surface area contributed by atoms with E-state index in [1.165, 1.54) is 24.1 Å². The largest absolute Gasteiger partial charge is 0.393 e. The fraction of sp³-hybridized carbons (Fsp3) is 0.455. The first-order chi connectivity index (χ1) is 12.0. The zero-order chi connectivity index (χ0) is 19.9. The minimum atomic E-state index is -0.663. The van der Waals surface area contributed by atoms with Crippen LogP contribution < -0.4 is 0 Å². The van der Waals surface area contributed by atoms with Gasteiger partial charge in [-0.2, -0.15) is 0 Å². The third-order valence-corrected chi connectivity index (χ3v) is 4.30. The molecule has 1 N–H and O–H groups in total. The highest BCUT2D eigenvalue weighted by Gasteiger charge is 2.31. The van der Waals surface area contributed by atoms with Crippen LogP contribution in [-0.2, 0) is 14.3 Å². The Morgan fingerprint density at radius 1 is 1.15 bits per heavy atom. The van der Waals surface area contributed by atoms with Crippen molar-refractivity contribution in [1.29, 1.82) is 0 Å². The van der Waals surface area contributed by atoms with Gasteiger partial charge < -0.3 is 9.84 Å². The molecule has 0 heterocycles. The van der Waals surface area contributed by atoms with E-state index < -0.39 is 11.9 Å². The van der Waals surface area contributed by atoms with Crippen LogP contribution in [0.5, 0.6) is 0 Å². The third kappa shape index (κ3) is 7.36. The normalized spacial score (nSPS) is 21.6. The minimum Gasteiger partial charge on any atom is -0.393 e. The van der Waals surface area contributed by atoms with Gasteiger partial charge in [0.05, 0.1) is 6.10 Å². The van der Waals surface area contributed by atoms with E-state index >= 15 is 0 Å². The lowest BCUT2D eigenvalue weighted by atomic mass is 9.71. The summed E-state index contributed by atoms with van der Waals surface area (Å²) in [6, 6.07) is 0. The second-order valence-corrected chi connectivity index (χ2v) is 7.54. The molecule has 0 spiro atoms. The maximum atomic E-state index is 11.4. The van der Waals surface area contributed by atoms with Gasteiger partial charge in [0.1, 0.15) is 0 Å². The number of aliphatic hydroxyl groups is 1. The van der Waals surface area contributed by atoms with Crippen LogP contribution in [0.25, 0.3) is 0 Å². The average Bonchev–Trinajstić information content (AvgIpc) is 2.43. The molecule has 1 aliphatic rings. The van der Waals surface area contributed by atoms with E-state index in [1.807, 2.05) is 19.1 Å². The molecule has 1 rings (SSSR count). The lowest BCUT2D eigenvalue weighted by Crippen LogP contribution is -2.28. The first kappa shape index (κ1) is 21.8. The summed E-state index contributed by atoms with van der Waals surface area (Å²) in [6.45, 7) is 11.4. The van der Waals surface area contributed by atoms with Gasteiger partial charge in [-0.05, 0) is 50.2 Å². The Morgan fingerprint density at radius 2 is 1.81 bits per heavy atom. The summed E-state index contributed by atoms with van der Waals surface area (Å²) in [5.74, 6) is -1.28. The van der Waals surface area contributed by atoms with Gasteiger partial charge in [-0.1, -0.05) is 55.4 Å². The van der Waals surface area contributed by atoms with E-state index in [9.17, 15) is 14.7 Å². The topological polar surface area (TPSA) is 63.6 Å². The van der Waals surface area contributed by atoms with Gasteiger partial charge >= 0.3 is 11.9 Å². The highest BCUT2D eigenvalue weighted by atomic mass is 16.6. The molecule has 26 heavy (non-hydrogen) atoms. The standard InChI is InChI=1S/C22H30O4/c1-15(8-7-9-16(2)12-21(25)26-18(4)23)10-11-20-17(3)13-19(24)14-22(20,5)6/h7-12,19,24H,13-14H2,1-6H3/b9-7+,11-10+,15-8+,16-12+/t19-/m1/s1. The number of rotatable bonds is 5. The van der Waals surface area contributed by atoms with Gasteiger partial charge in [0.2, 0.25) is 0 Å². The van der Waals surface area contributed by atoms with Crippen LogP contribution in [0, 0.1) is 5.41 Å². The molecule has 0 aromatic rings. The molecule has 0 saturated carbocycles. The van der Waals surface area contributed by atoms with Crippen LogP contribution in [0.2, 0.25) is 0 Å². The van der Waals surface area contributed by atoms with E-state index in [0.29, 0.717) is 5.57 Å². The van der Waals surface area contributed by atoms with Crippen molar-refractivity contribution >= 4 is 11.9 Å². The van der Waals surface area contributed by atoms with Gasteiger partial charge in [-0.3, -0.25) is 4.79 Å². The molecular formula is C22H30O4. The molecule has 0 aromatic carbocycles. The first-order valence-electron chi connectivity index (χ1n) is 8.83. The molecule has 0 bridgehead atoms. The molecule has 0 fully saturated rings. The molecule has 0 aliphatic heterocycles. The summed E-state index contributed by atoms with van der Waals surface area (Å²) >= 11 is 0. The number of carbonyl (C=O) groups excluding carboxylic acids is 2. The number of aliphatic hydroxyl groups excluding tert-OH is 1. The predicted octanol–water partition coefficient (Wildman–Crippen LogP) is 4.58. The van der Waals surface area contributed by atoms with Gasteiger partial charge in [-0.15, -0.1) is 0 Å². The van der Waals surface area contributed by atoms with Crippen LogP contribution >= 0.6 is 0 Å². The lowest BCUT2D eigenvalue weighted by molar-refractivity contribution is -0.154. The molecular weight excluding hydrogens is 328 g/mol. The summed E-state index contributed by atoms with van der Waals surface area (Å²) < 4.78 is 4.45. The van der Waals surface area contributed by atoms with Crippen molar-refractivity contribution in [3.8, 4) is 0 Å². The molecule has 0 radical (unpaired) electrons. The summed E-state index contributed by atoms with van der Waals surface area (Å²) in [4.78, 5) is 22.1. The fourth-order valence-corrected chi connectivity index (χ4v) is 3.21. The van der Waals surface area contributed by atoms with Gasteiger partial charge in [0, 0.05) is 13.0 Å². The zero-order valence-corrected chi connectivity index (χ0v) is 16.6. The first-order valence-corrected chi connectivity index (χ1v) is 8.83. The van der Waals surface area contributed by atoms with E-state index in [2.05, 4.69) is 37.7 Å². The summed E-state index contributed by atoms with van der Waals surface area (Å²) in [5.41, 5.74) is 4.25. The minimum absolute atomic E-state index is 0.0369. The molecule has 4 heteroatoms. The van der Waals surface area contributed by atoms with Crippen LogP contribution in [0.15, 0.2) is 58.7 Å². The Hall–Kier alpha value is -2.20. The number of hydrogen-bond donors (Lipinski definition) is 1. The number of allylic oxidation sites excluding steroid dienone is 8. The molecule has 1 aliphatic carbocycles. The van der Waals surface area contributed by atoms with Crippen molar-refractivity contribution in [2.75, 3.05) is 0 Å². The monoisotopic (exact) mass is 358 g/mol. The van der Waals surface area contributed by atoms with Gasteiger partial charge in [0.15, 0.2) is 0 Å². The Kier molecular flexibility index (Phi) is 7.97. The Balaban J connectivity index is 2.78. The van der Waals surface area contributed by atoms with Crippen molar-refractivity contribution in [2.45, 2.75) is 60.5 Å². The van der Waals surface area contributed by atoms with Crippen LogP contribution in [0.1, 0.15) is 54.4 Å². The SMILES string of the molecule is CC(=O)OC(=O)/C=C(C)/C=C/C=C(C)/C=C/C1=C(C)C[C@@H](O)CC1(C)C. The summed E-state index contributed by atoms with van der Waals surface area (Å²) in [5, 5.41) is 9.95. The maximum Gasteiger partial charge on any atom is 0.338 e. The Morgan fingerprint density at radius 3 is 2.38 bits per heavy atom. The summed E-state index contributed by atoms with van der Waals surface area (Å²) in [6.07, 6.45) is 12.3. The fourth-order valence-electron chi connectivity index (χ4n) is 3.21. The Bertz CT molecular complexity index is 700. The molecule has 0 aromatic heterocycles. The third-order valence-electron chi connectivity index (χ3n) is 4.30. The molecule has 0 amide bonds. The summed E-state index contributed by atoms with van der Waals surface area (Å²) in [7, 11) is 0. The van der Waals surface area contributed by atoms with Crippen LogP contribution in [-0.4, -0.2) is 23.1 Å². The quantitative estimate of drug-likeness (QED) is 0.338. The number of esters is 2. The van der Waals surface area contributed by atoms with E-state index in [4.69, 9.17) is 0 Å². The predicted molar refractivity (Wildman–Crippen MR) is 104 cm³/mol. The lowest BCUT2D eigenvalue weighted by Gasteiger charge is -2.35. The molecule has 1 atom stereocenters. The highest BCUT2D eigenvalue weighted by molar-refractivity contribution is 5.91. The van der Waals surface area contributed by atoms with Crippen LogP contribution in [0.4, 0.5) is 0 Å². The number of ether oxygens (including phenoxy) is 1. The van der Waals surface area contributed by atoms with Crippen molar-refractivity contribution < 1.29 is 19.4 Å². The molecule has 142 valence electrons. The zero-order valence-electron chi connectivity index (χ0n) is 16.6. The molecule has 4 nitrogen and oxygen atoms in total.